The molecule has 0 spiro atoms. The summed E-state index contributed by atoms with van der Waals surface area (Å²) in [5, 5.41) is 12.8. The Bertz CT molecular complexity index is 1240. The molecule has 4 aromatic rings. The van der Waals surface area contributed by atoms with E-state index in [1.165, 1.54) is 6.07 Å². The molecule has 0 saturated heterocycles. The summed E-state index contributed by atoms with van der Waals surface area (Å²) < 4.78 is 6.89. The third kappa shape index (κ3) is 4.63. The molecule has 1 amide bonds. The van der Waals surface area contributed by atoms with Crippen molar-refractivity contribution >= 4 is 58.1 Å². The van der Waals surface area contributed by atoms with Crippen molar-refractivity contribution in [2.24, 2.45) is 0 Å². The van der Waals surface area contributed by atoms with Gasteiger partial charge in [0.25, 0.3) is 5.91 Å². The summed E-state index contributed by atoms with van der Waals surface area (Å²) in [5.74, 6) is 0.244. The highest BCUT2D eigenvalue weighted by atomic mass is 35.5. The number of halogens is 4. The van der Waals surface area contributed by atoms with Crippen LogP contribution in [0, 0.1) is 0 Å². The van der Waals surface area contributed by atoms with Crippen molar-refractivity contribution in [3.05, 3.63) is 86.1 Å². The first-order valence-electron chi connectivity index (χ1n) is 8.60. The SMILES string of the molecule is O=C(Nc1ccn(Cc2ccc(Cl)cc2Cl)n1)c1cc(-c2ccc(Cl)cc2Cl)on1. The summed E-state index contributed by atoms with van der Waals surface area (Å²) in [4.78, 5) is 12.5. The molecule has 10 heteroatoms. The van der Waals surface area contributed by atoms with Gasteiger partial charge < -0.3 is 9.84 Å². The number of nitrogens with zero attached hydrogens (tertiary/aromatic N) is 3. The van der Waals surface area contributed by atoms with E-state index in [2.05, 4.69) is 15.6 Å². The third-order valence-corrected chi connectivity index (χ3v) is 5.30. The van der Waals surface area contributed by atoms with Crippen LogP contribution in [0.25, 0.3) is 11.3 Å². The summed E-state index contributed by atoms with van der Waals surface area (Å²) >= 11 is 24.2. The molecule has 6 nitrogen and oxygen atoms in total. The molecule has 2 aromatic heterocycles. The van der Waals surface area contributed by atoms with Gasteiger partial charge in [0.15, 0.2) is 17.3 Å². The van der Waals surface area contributed by atoms with E-state index in [9.17, 15) is 4.79 Å². The monoisotopic (exact) mass is 480 g/mol. The smallest absolute Gasteiger partial charge is 0.279 e. The molecule has 0 aliphatic rings. The normalized spacial score (nSPS) is 10.9. The average molecular weight is 482 g/mol. The Hall–Kier alpha value is -2.51. The van der Waals surface area contributed by atoms with Crippen LogP contribution in [0.1, 0.15) is 16.1 Å². The lowest BCUT2D eigenvalue weighted by Gasteiger charge is -2.05. The van der Waals surface area contributed by atoms with Gasteiger partial charge in [-0.2, -0.15) is 5.10 Å². The molecule has 0 radical (unpaired) electrons. The van der Waals surface area contributed by atoms with Crippen molar-refractivity contribution in [2.75, 3.05) is 5.32 Å². The molecule has 0 aliphatic carbocycles. The van der Waals surface area contributed by atoms with Crippen LogP contribution in [0.5, 0.6) is 0 Å². The molecule has 0 aliphatic heterocycles. The van der Waals surface area contributed by atoms with Gasteiger partial charge >= 0.3 is 0 Å². The average Bonchev–Trinajstić information content (AvgIpc) is 3.34. The number of anilines is 1. The lowest BCUT2D eigenvalue weighted by atomic mass is 10.1. The maximum Gasteiger partial charge on any atom is 0.279 e. The van der Waals surface area contributed by atoms with E-state index in [1.54, 1.807) is 47.3 Å². The van der Waals surface area contributed by atoms with Crippen LogP contribution in [-0.4, -0.2) is 20.8 Å². The Kier molecular flexibility index (Phi) is 6.01. The fourth-order valence-electron chi connectivity index (χ4n) is 2.72. The van der Waals surface area contributed by atoms with Crippen molar-refractivity contribution in [2.45, 2.75) is 6.54 Å². The van der Waals surface area contributed by atoms with E-state index in [-0.39, 0.29) is 5.69 Å². The quantitative estimate of drug-likeness (QED) is 0.355. The van der Waals surface area contributed by atoms with Crippen molar-refractivity contribution < 1.29 is 9.32 Å². The Labute approximate surface area is 191 Å². The number of aromatic nitrogens is 3. The molecule has 2 aromatic carbocycles. The minimum absolute atomic E-state index is 0.0892. The van der Waals surface area contributed by atoms with E-state index < -0.39 is 5.91 Å². The fraction of sp³-hybridized carbons (Fsp3) is 0.0500. The zero-order chi connectivity index (χ0) is 21.3. The van der Waals surface area contributed by atoms with Gasteiger partial charge in [0.2, 0.25) is 0 Å². The molecule has 0 unspecified atom stereocenters. The zero-order valence-electron chi connectivity index (χ0n) is 15.1. The van der Waals surface area contributed by atoms with E-state index in [0.29, 0.717) is 43.8 Å². The standard InChI is InChI=1S/C20H12Cl4N4O2/c21-12-2-1-11(15(23)7-12)10-28-6-5-19(26-28)25-20(29)17-9-18(30-27-17)14-4-3-13(22)8-16(14)24/h1-9H,10H2,(H,25,26,29). The first-order valence-corrected chi connectivity index (χ1v) is 10.1. The van der Waals surface area contributed by atoms with Crippen LogP contribution in [0.4, 0.5) is 5.82 Å². The maximum atomic E-state index is 12.5. The van der Waals surface area contributed by atoms with Crippen LogP contribution in [0.15, 0.2) is 59.3 Å². The molecule has 1 N–H and O–H groups in total. The van der Waals surface area contributed by atoms with Crippen LogP contribution in [-0.2, 0) is 6.54 Å². The molecule has 0 atom stereocenters. The number of hydrogen-bond acceptors (Lipinski definition) is 4. The number of carbonyl (C=O) groups is 1. The van der Waals surface area contributed by atoms with Gasteiger partial charge in [-0.3, -0.25) is 9.48 Å². The molecule has 0 saturated carbocycles. The molecule has 4 rings (SSSR count). The van der Waals surface area contributed by atoms with Crippen molar-refractivity contribution in [3.63, 3.8) is 0 Å². The highest BCUT2D eigenvalue weighted by molar-refractivity contribution is 6.36. The Morgan fingerprint density at radius 3 is 2.43 bits per heavy atom. The molecule has 2 heterocycles. The largest absolute Gasteiger partial charge is 0.355 e. The lowest BCUT2D eigenvalue weighted by molar-refractivity contribution is 0.101. The number of nitrogens with one attached hydrogen (secondary N) is 1. The molecular formula is C20H12Cl4N4O2. The Balaban J connectivity index is 1.45. The first-order chi connectivity index (χ1) is 14.4. The summed E-state index contributed by atoms with van der Waals surface area (Å²) in [7, 11) is 0. The number of rotatable bonds is 5. The van der Waals surface area contributed by atoms with Crippen LogP contribution >= 0.6 is 46.4 Å². The maximum absolute atomic E-state index is 12.5. The fourth-order valence-corrected chi connectivity index (χ4v) is 3.69. The molecule has 152 valence electrons. The summed E-state index contributed by atoms with van der Waals surface area (Å²) in [6.07, 6.45) is 1.72. The van der Waals surface area contributed by atoms with Gasteiger partial charge in [0.1, 0.15) is 0 Å². The summed E-state index contributed by atoms with van der Waals surface area (Å²) in [6, 6.07) is 13.3. The minimum Gasteiger partial charge on any atom is -0.355 e. The Morgan fingerprint density at radius 1 is 0.967 bits per heavy atom. The number of carbonyl (C=O) groups excluding carboxylic acids is 1. The number of hydrogen-bond donors (Lipinski definition) is 1. The second kappa shape index (κ2) is 8.70. The topological polar surface area (TPSA) is 73.0 Å². The van der Waals surface area contributed by atoms with Gasteiger partial charge in [-0.15, -0.1) is 0 Å². The molecule has 30 heavy (non-hydrogen) atoms. The Morgan fingerprint density at radius 2 is 1.70 bits per heavy atom. The van der Waals surface area contributed by atoms with E-state index in [4.69, 9.17) is 50.9 Å². The number of amides is 1. The summed E-state index contributed by atoms with van der Waals surface area (Å²) in [6.45, 7) is 0.426. The second-order valence-corrected chi connectivity index (χ2v) is 7.98. The summed E-state index contributed by atoms with van der Waals surface area (Å²) in [5.41, 5.74) is 1.52. The van der Waals surface area contributed by atoms with Crippen LogP contribution in [0.2, 0.25) is 20.1 Å². The van der Waals surface area contributed by atoms with E-state index >= 15 is 0 Å². The predicted molar refractivity (Wildman–Crippen MR) is 118 cm³/mol. The van der Waals surface area contributed by atoms with E-state index in [0.717, 1.165) is 5.56 Å². The van der Waals surface area contributed by atoms with Crippen molar-refractivity contribution in [1.82, 2.24) is 14.9 Å². The molecular weight excluding hydrogens is 470 g/mol. The van der Waals surface area contributed by atoms with Crippen LogP contribution in [0.3, 0.4) is 0 Å². The van der Waals surface area contributed by atoms with Gasteiger partial charge in [0, 0.05) is 39.0 Å². The lowest BCUT2D eigenvalue weighted by Crippen LogP contribution is -2.13. The van der Waals surface area contributed by atoms with Crippen molar-refractivity contribution in [3.8, 4) is 11.3 Å². The number of benzene rings is 2. The van der Waals surface area contributed by atoms with Gasteiger partial charge in [-0.1, -0.05) is 57.6 Å². The molecule has 0 fully saturated rings. The highest BCUT2D eigenvalue weighted by Crippen LogP contribution is 2.30. The predicted octanol–water partition coefficient (Wildman–Crippen LogP) is 6.45. The second-order valence-electron chi connectivity index (χ2n) is 6.29. The van der Waals surface area contributed by atoms with Crippen LogP contribution < -0.4 is 5.32 Å². The van der Waals surface area contributed by atoms with Gasteiger partial charge in [0.05, 0.1) is 11.6 Å². The van der Waals surface area contributed by atoms with Crippen molar-refractivity contribution in [1.29, 1.82) is 0 Å². The third-order valence-electron chi connectivity index (χ3n) is 4.17. The minimum atomic E-state index is -0.468. The zero-order valence-corrected chi connectivity index (χ0v) is 18.1. The van der Waals surface area contributed by atoms with Gasteiger partial charge in [-0.25, -0.2) is 0 Å². The van der Waals surface area contributed by atoms with E-state index in [1.807, 2.05) is 6.07 Å². The highest BCUT2D eigenvalue weighted by Gasteiger charge is 2.17. The van der Waals surface area contributed by atoms with Gasteiger partial charge in [-0.05, 0) is 35.9 Å². The first kappa shape index (κ1) is 20.8. The molecule has 0 bridgehead atoms.